The Kier molecular flexibility index (Phi) is 4.60. The minimum atomic E-state index is -0.158. The van der Waals surface area contributed by atoms with E-state index in [0.717, 1.165) is 18.0 Å². The third kappa shape index (κ3) is 3.14. The first kappa shape index (κ1) is 15.0. The van der Waals surface area contributed by atoms with Crippen molar-refractivity contribution in [2.24, 2.45) is 11.7 Å². The fraction of sp³-hybridized carbons (Fsp3) is 0.667. The molecule has 1 aliphatic carbocycles. The SMILES string of the molecule is CC(N)C(c1cccc(F)c1)N1CCCC1C1CCCC1. The molecule has 3 atom stereocenters. The zero-order valence-electron chi connectivity index (χ0n) is 13.0. The third-order valence-electron chi connectivity index (χ3n) is 5.33. The van der Waals surface area contributed by atoms with E-state index in [1.807, 2.05) is 6.07 Å². The standard InChI is InChI=1S/C18H27FN2/c1-13(20)18(15-8-4-9-16(19)12-15)21-11-5-10-17(21)14-6-2-3-7-14/h4,8-9,12-14,17-18H,2-3,5-7,10-11,20H2,1H3. The van der Waals surface area contributed by atoms with Crippen LogP contribution in [0, 0.1) is 11.7 Å². The minimum Gasteiger partial charge on any atom is -0.326 e. The molecular weight excluding hydrogens is 263 g/mol. The Morgan fingerprint density at radius 3 is 2.62 bits per heavy atom. The molecule has 0 amide bonds. The van der Waals surface area contributed by atoms with Crippen molar-refractivity contribution < 1.29 is 4.39 Å². The van der Waals surface area contributed by atoms with E-state index >= 15 is 0 Å². The molecule has 2 aliphatic rings. The Morgan fingerprint density at radius 2 is 1.95 bits per heavy atom. The molecule has 0 bridgehead atoms. The number of nitrogens with two attached hydrogens (primary N) is 1. The van der Waals surface area contributed by atoms with Crippen LogP contribution in [0.4, 0.5) is 4.39 Å². The lowest BCUT2D eigenvalue weighted by Crippen LogP contribution is -2.44. The van der Waals surface area contributed by atoms with Crippen molar-refractivity contribution in [2.75, 3.05) is 6.54 Å². The zero-order valence-corrected chi connectivity index (χ0v) is 13.0. The van der Waals surface area contributed by atoms with Crippen molar-refractivity contribution >= 4 is 0 Å². The molecule has 1 aromatic rings. The van der Waals surface area contributed by atoms with Crippen molar-refractivity contribution in [2.45, 2.75) is 63.6 Å². The predicted octanol–water partition coefficient (Wildman–Crippen LogP) is 3.87. The fourth-order valence-corrected chi connectivity index (χ4v) is 4.50. The Labute approximate surface area is 127 Å². The number of benzene rings is 1. The summed E-state index contributed by atoms with van der Waals surface area (Å²) in [6, 6.07) is 7.83. The van der Waals surface area contributed by atoms with Gasteiger partial charge in [-0.2, -0.15) is 0 Å². The van der Waals surface area contributed by atoms with E-state index in [9.17, 15) is 4.39 Å². The van der Waals surface area contributed by atoms with Gasteiger partial charge in [0.05, 0.1) is 6.04 Å². The molecular formula is C18H27FN2. The van der Waals surface area contributed by atoms with Crippen LogP contribution in [0.1, 0.15) is 57.1 Å². The summed E-state index contributed by atoms with van der Waals surface area (Å²) in [5.74, 6) is 0.664. The van der Waals surface area contributed by atoms with Crippen LogP contribution >= 0.6 is 0 Å². The Bertz CT molecular complexity index is 468. The van der Waals surface area contributed by atoms with Gasteiger partial charge >= 0.3 is 0 Å². The molecule has 1 saturated carbocycles. The molecule has 3 heteroatoms. The summed E-state index contributed by atoms with van der Waals surface area (Å²) in [5, 5.41) is 0. The summed E-state index contributed by atoms with van der Waals surface area (Å²) < 4.78 is 13.6. The maximum Gasteiger partial charge on any atom is 0.123 e. The Hall–Kier alpha value is -0.930. The van der Waals surface area contributed by atoms with Gasteiger partial charge in [0.2, 0.25) is 0 Å². The lowest BCUT2D eigenvalue weighted by molar-refractivity contribution is 0.120. The zero-order chi connectivity index (χ0) is 14.8. The summed E-state index contributed by atoms with van der Waals surface area (Å²) in [7, 11) is 0. The lowest BCUT2D eigenvalue weighted by atomic mass is 9.92. The van der Waals surface area contributed by atoms with Crippen LogP contribution in [0.15, 0.2) is 24.3 Å². The van der Waals surface area contributed by atoms with Crippen LogP contribution in [0.2, 0.25) is 0 Å². The summed E-state index contributed by atoms with van der Waals surface area (Å²) in [5.41, 5.74) is 7.33. The van der Waals surface area contributed by atoms with Crippen LogP contribution < -0.4 is 5.73 Å². The Balaban J connectivity index is 1.85. The maximum absolute atomic E-state index is 13.6. The van der Waals surface area contributed by atoms with Gasteiger partial charge in [-0.3, -0.25) is 4.90 Å². The van der Waals surface area contributed by atoms with Crippen molar-refractivity contribution in [1.82, 2.24) is 4.90 Å². The van der Waals surface area contributed by atoms with E-state index in [1.54, 1.807) is 12.1 Å². The molecule has 3 rings (SSSR count). The van der Waals surface area contributed by atoms with E-state index < -0.39 is 0 Å². The molecule has 1 aliphatic heterocycles. The molecule has 1 heterocycles. The molecule has 0 radical (unpaired) electrons. The maximum atomic E-state index is 13.6. The van der Waals surface area contributed by atoms with Crippen LogP contribution in [0.5, 0.6) is 0 Å². The van der Waals surface area contributed by atoms with Crippen molar-refractivity contribution in [3.8, 4) is 0 Å². The number of nitrogens with zero attached hydrogens (tertiary/aromatic N) is 1. The first-order valence-corrected chi connectivity index (χ1v) is 8.43. The number of halogens is 1. The fourth-order valence-electron chi connectivity index (χ4n) is 4.50. The van der Waals surface area contributed by atoms with Crippen LogP contribution in [-0.2, 0) is 0 Å². The van der Waals surface area contributed by atoms with E-state index in [4.69, 9.17) is 5.73 Å². The van der Waals surface area contributed by atoms with Gasteiger partial charge in [-0.15, -0.1) is 0 Å². The van der Waals surface area contributed by atoms with Gasteiger partial charge in [-0.05, 0) is 62.8 Å². The molecule has 1 aromatic carbocycles. The quantitative estimate of drug-likeness (QED) is 0.912. The monoisotopic (exact) mass is 290 g/mol. The lowest BCUT2D eigenvalue weighted by Gasteiger charge is -2.38. The molecule has 2 nitrogen and oxygen atoms in total. The number of rotatable bonds is 4. The highest BCUT2D eigenvalue weighted by molar-refractivity contribution is 5.22. The van der Waals surface area contributed by atoms with Crippen molar-refractivity contribution in [1.29, 1.82) is 0 Å². The normalized spacial score (nSPS) is 27.1. The smallest absolute Gasteiger partial charge is 0.123 e. The highest BCUT2D eigenvalue weighted by Gasteiger charge is 2.38. The molecule has 116 valence electrons. The molecule has 2 N–H and O–H groups in total. The average molecular weight is 290 g/mol. The summed E-state index contributed by atoms with van der Waals surface area (Å²) in [6.45, 7) is 3.16. The molecule has 0 spiro atoms. The van der Waals surface area contributed by atoms with Crippen LogP contribution in [0.3, 0.4) is 0 Å². The van der Waals surface area contributed by atoms with Crippen molar-refractivity contribution in [3.63, 3.8) is 0 Å². The largest absolute Gasteiger partial charge is 0.326 e. The first-order chi connectivity index (χ1) is 10.2. The van der Waals surface area contributed by atoms with Crippen LogP contribution in [0.25, 0.3) is 0 Å². The topological polar surface area (TPSA) is 29.3 Å². The second kappa shape index (κ2) is 6.45. The first-order valence-electron chi connectivity index (χ1n) is 8.43. The minimum absolute atomic E-state index is 0.0220. The number of hydrogen-bond donors (Lipinski definition) is 1. The molecule has 3 unspecified atom stereocenters. The molecule has 0 aromatic heterocycles. The third-order valence-corrected chi connectivity index (χ3v) is 5.33. The van der Waals surface area contributed by atoms with Gasteiger partial charge in [-0.25, -0.2) is 4.39 Å². The van der Waals surface area contributed by atoms with Gasteiger partial charge in [0, 0.05) is 12.1 Å². The second-order valence-corrected chi connectivity index (χ2v) is 6.85. The number of hydrogen-bond acceptors (Lipinski definition) is 2. The van der Waals surface area contributed by atoms with E-state index in [2.05, 4.69) is 11.8 Å². The second-order valence-electron chi connectivity index (χ2n) is 6.85. The van der Waals surface area contributed by atoms with E-state index in [0.29, 0.717) is 6.04 Å². The van der Waals surface area contributed by atoms with E-state index in [1.165, 1.54) is 44.6 Å². The summed E-state index contributed by atoms with van der Waals surface area (Å²) in [4.78, 5) is 2.58. The predicted molar refractivity (Wildman–Crippen MR) is 84.5 cm³/mol. The van der Waals surface area contributed by atoms with Gasteiger partial charge in [0.15, 0.2) is 0 Å². The highest BCUT2D eigenvalue weighted by Crippen LogP contribution is 2.40. The summed E-state index contributed by atoms with van der Waals surface area (Å²) >= 11 is 0. The van der Waals surface area contributed by atoms with Gasteiger partial charge in [0.1, 0.15) is 5.82 Å². The Morgan fingerprint density at radius 1 is 1.19 bits per heavy atom. The van der Waals surface area contributed by atoms with Gasteiger partial charge in [-0.1, -0.05) is 25.0 Å². The highest BCUT2D eigenvalue weighted by atomic mass is 19.1. The molecule has 2 fully saturated rings. The average Bonchev–Trinajstić information content (AvgIpc) is 3.08. The van der Waals surface area contributed by atoms with Crippen molar-refractivity contribution in [3.05, 3.63) is 35.6 Å². The number of likely N-dealkylation sites (tertiary alicyclic amines) is 1. The van der Waals surface area contributed by atoms with Gasteiger partial charge in [0.25, 0.3) is 0 Å². The van der Waals surface area contributed by atoms with Gasteiger partial charge < -0.3 is 5.73 Å². The van der Waals surface area contributed by atoms with Crippen LogP contribution in [-0.4, -0.2) is 23.5 Å². The van der Waals surface area contributed by atoms with E-state index in [-0.39, 0.29) is 17.9 Å². The molecule has 21 heavy (non-hydrogen) atoms. The molecule has 1 saturated heterocycles. The summed E-state index contributed by atoms with van der Waals surface area (Å²) in [6.07, 6.45) is 7.99.